The highest BCUT2D eigenvalue weighted by Gasteiger charge is 2.45. The van der Waals surface area contributed by atoms with Gasteiger partial charge in [-0.2, -0.15) is 0 Å². The number of piperidine rings is 1. The third kappa shape index (κ3) is 2.34. The highest BCUT2D eigenvalue weighted by Crippen LogP contribution is 2.40. The van der Waals surface area contributed by atoms with Crippen LogP contribution >= 0.6 is 22.9 Å². The molecule has 0 aromatic heterocycles. The second-order valence-corrected chi connectivity index (χ2v) is 7.27. The fraction of sp³-hybridized carbons (Fsp3) is 1.00. The molecule has 2 heterocycles. The average Bonchev–Trinajstić information content (AvgIpc) is 2.55. The summed E-state index contributed by atoms with van der Waals surface area (Å²) in [5.41, 5.74) is 0.852. The van der Waals surface area contributed by atoms with Crippen molar-refractivity contribution in [3.8, 4) is 0 Å². The Hall–Kier alpha value is 0.650. The highest BCUT2D eigenvalue weighted by atomic mass is 127. The Morgan fingerprint density at radius 3 is 2.33 bits per heavy atom. The molecule has 88 valence electrons. The molecule has 2 fully saturated rings. The number of rotatable bonds is 0. The predicted octanol–water partition coefficient (Wildman–Crippen LogP) is 3.07. The predicted molar refractivity (Wildman–Crippen MR) is 73.3 cm³/mol. The van der Waals surface area contributed by atoms with Gasteiger partial charge in [-0.3, -0.25) is 4.90 Å². The Balaban J connectivity index is 2.07. The van der Waals surface area contributed by atoms with Crippen molar-refractivity contribution in [2.45, 2.75) is 57.5 Å². The molecule has 0 N–H and O–H groups in total. The SMILES string of the molecule is CC(C)(C)N1CCC2(CCCCN2I)C1. The Morgan fingerprint density at radius 1 is 1.07 bits per heavy atom. The van der Waals surface area contributed by atoms with Crippen LogP contribution < -0.4 is 0 Å². The molecule has 1 spiro atoms. The molecule has 2 rings (SSSR count). The minimum Gasteiger partial charge on any atom is -0.297 e. The molecule has 1 unspecified atom stereocenters. The van der Waals surface area contributed by atoms with Gasteiger partial charge in [-0.05, 0) is 40.0 Å². The zero-order valence-electron chi connectivity index (χ0n) is 10.2. The van der Waals surface area contributed by atoms with E-state index < -0.39 is 0 Å². The van der Waals surface area contributed by atoms with Crippen molar-refractivity contribution in [2.75, 3.05) is 19.6 Å². The van der Waals surface area contributed by atoms with Gasteiger partial charge in [0.1, 0.15) is 0 Å². The largest absolute Gasteiger partial charge is 0.297 e. The molecule has 2 aliphatic rings. The van der Waals surface area contributed by atoms with E-state index in [0.717, 1.165) is 0 Å². The van der Waals surface area contributed by atoms with Gasteiger partial charge in [-0.15, -0.1) is 0 Å². The van der Waals surface area contributed by atoms with E-state index in [4.69, 9.17) is 0 Å². The van der Waals surface area contributed by atoms with Crippen molar-refractivity contribution in [1.82, 2.24) is 8.01 Å². The number of halogens is 1. The van der Waals surface area contributed by atoms with Crippen LogP contribution in [0.4, 0.5) is 0 Å². The van der Waals surface area contributed by atoms with Gasteiger partial charge in [0.25, 0.3) is 0 Å². The highest BCUT2D eigenvalue weighted by molar-refractivity contribution is 14.1. The molecule has 0 aliphatic carbocycles. The molecular formula is C12H23IN2. The maximum absolute atomic E-state index is 2.66. The molecule has 3 heteroatoms. The molecular weight excluding hydrogens is 299 g/mol. The summed E-state index contributed by atoms with van der Waals surface area (Å²) in [7, 11) is 0. The summed E-state index contributed by atoms with van der Waals surface area (Å²) in [5, 5.41) is 0. The second-order valence-electron chi connectivity index (χ2n) is 6.11. The van der Waals surface area contributed by atoms with Crippen LogP contribution in [0.25, 0.3) is 0 Å². The van der Waals surface area contributed by atoms with Gasteiger partial charge in [0.05, 0.1) is 0 Å². The van der Waals surface area contributed by atoms with Crippen LogP contribution in [0.5, 0.6) is 0 Å². The zero-order chi connectivity index (χ0) is 11.1. The normalized spacial score (nSPS) is 35.2. The van der Waals surface area contributed by atoms with Crippen molar-refractivity contribution < 1.29 is 0 Å². The molecule has 0 amide bonds. The minimum absolute atomic E-state index is 0.346. The average molecular weight is 322 g/mol. The monoisotopic (exact) mass is 322 g/mol. The molecule has 0 aromatic carbocycles. The summed E-state index contributed by atoms with van der Waals surface area (Å²) in [4.78, 5) is 2.66. The maximum atomic E-state index is 2.66. The van der Waals surface area contributed by atoms with Crippen LogP contribution in [0.3, 0.4) is 0 Å². The summed E-state index contributed by atoms with van der Waals surface area (Å²) in [6.45, 7) is 10.9. The number of likely N-dealkylation sites (tertiary alicyclic amines) is 1. The lowest BCUT2D eigenvalue weighted by atomic mass is 9.88. The van der Waals surface area contributed by atoms with Gasteiger partial charge in [-0.25, -0.2) is 3.11 Å². The Bertz CT molecular complexity index is 236. The fourth-order valence-corrected chi connectivity index (χ4v) is 3.87. The van der Waals surface area contributed by atoms with E-state index in [-0.39, 0.29) is 0 Å². The van der Waals surface area contributed by atoms with E-state index >= 15 is 0 Å². The molecule has 15 heavy (non-hydrogen) atoms. The van der Waals surface area contributed by atoms with Gasteiger partial charge in [0.15, 0.2) is 0 Å². The van der Waals surface area contributed by atoms with E-state index in [1.807, 2.05) is 0 Å². The molecule has 2 nitrogen and oxygen atoms in total. The Morgan fingerprint density at radius 2 is 1.80 bits per heavy atom. The van der Waals surface area contributed by atoms with E-state index in [1.165, 1.54) is 45.3 Å². The number of nitrogens with zero attached hydrogens (tertiary/aromatic N) is 2. The standard InChI is InChI=1S/C12H23IN2/c1-11(2,3)14-9-7-12(10-14)6-4-5-8-15(12)13/h4-10H2,1-3H3. The molecule has 0 radical (unpaired) electrons. The van der Waals surface area contributed by atoms with E-state index in [2.05, 4.69) is 51.6 Å². The van der Waals surface area contributed by atoms with Gasteiger partial charge in [-0.1, -0.05) is 6.42 Å². The molecule has 0 saturated carbocycles. The van der Waals surface area contributed by atoms with Gasteiger partial charge in [0.2, 0.25) is 0 Å². The molecule has 0 aromatic rings. The lowest BCUT2D eigenvalue weighted by molar-refractivity contribution is 0.121. The summed E-state index contributed by atoms with van der Waals surface area (Å²) in [6.07, 6.45) is 5.59. The number of hydrogen-bond donors (Lipinski definition) is 0. The summed E-state index contributed by atoms with van der Waals surface area (Å²) in [5.74, 6) is 0. The first-order valence-corrected chi connectivity index (χ1v) is 7.09. The lowest BCUT2D eigenvalue weighted by Gasteiger charge is -2.42. The second kappa shape index (κ2) is 4.15. The van der Waals surface area contributed by atoms with Crippen molar-refractivity contribution in [3.63, 3.8) is 0 Å². The van der Waals surface area contributed by atoms with Crippen LogP contribution in [0.1, 0.15) is 46.5 Å². The minimum atomic E-state index is 0.346. The van der Waals surface area contributed by atoms with Gasteiger partial charge in [0, 0.05) is 53.6 Å². The third-order valence-corrected chi connectivity index (χ3v) is 5.55. The lowest BCUT2D eigenvalue weighted by Crippen LogP contribution is -2.50. The summed E-state index contributed by atoms with van der Waals surface area (Å²) >= 11 is 2.56. The van der Waals surface area contributed by atoms with Crippen molar-refractivity contribution in [2.24, 2.45) is 0 Å². The zero-order valence-corrected chi connectivity index (χ0v) is 12.4. The topological polar surface area (TPSA) is 6.48 Å². The molecule has 2 aliphatic heterocycles. The maximum Gasteiger partial charge on any atom is 0.0444 e. The first-order chi connectivity index (χ1) is 6.94. The number of hydrogen-bond acceptors (Lipinski definition) is 2. The first-order valence-electron chi connectivity index (χ1n) is 6.13. The fourth-order valence-electron chi connectivity index (χ4n) is 2.89. The molecule has 1 atom stereocenters. The Kier molecular flexibility index (Phi) is 3.35. The summed E-state index contributed by atoms with van der Waals surface area (Å²) < 4.78 is 2.60. The van der Waals surface area contributed by atoms with Crippen LogP contribution in [0, 0.1) is 0 Å². The molecule has 0 bridgehead atoms. The van der Waals surface area contributed by atoms with Crippen molar-refractivity contribution in [1.29, 1.82) is 0 Å². The van der Waals surface area contributed by atoms with Crippen LogP contribution in [0.15, 0.2) is 0 Å². The summed E-state index contributed by atoms with van der Waals surface area (Å²) in [6, 6.07) is 0. The third-order valence-electron chi connectivity index (χ3n) is 4.04. The van der Waals surface area contributed by atoms with Crippen molar-refractivity contribution >= 4 is 22.9 Å². The van der Waals surface area contributed by atoms with Crippen LogP contribution in [0.2, 0.25) is 0 Å². The smallest absolute Gasteiger partial charge is 0.0444 e. The Labute approximate surface area is 108 Å². The van der Waals surface area contributed by atoms with E-state index in [0.29, 0.717) is 11.1 Å². The first kappa shape index (κ1) is 12.1. The molecule has 2 saturated heterocycles. The van der Waals surface area contributed by atoms with Gasteiger partial charge >= 0.3 is 0 Å². The van der Waals surface area contributed by atoms with Gasteiger partial charge < -0.3 is 0 Å². The van der Waals surface area contributed by atoms with Crippen LogP contribution in [-0.2, 0) is 0 Å². The van der Waals surface area contributed by atoms with Crippen LogP contribution in [-0.4, -0.2) is 38.7 Å². The van der Waals surface area contributed by atoms with E-state index in [9.17, 15) is 0 Å². The quantitative estimate of drug-likeness (QED) is 0.500. The van der Waals surface area contributed by atoms with E-state index in [1.54, 1.807) is 0 Å². The van der Waals surface area contributed by atoms with Crippen molar-refractivity contribution in [3.05, 3.63) is 0 Å².